The standard InChI is InChI=1S/C9H8ClN/c1-6-2-7-4-11-5-8(7)3-9(6)10/h2-5,11H,1H3. The Morgan fingerprint density at radius 1 is 1.18 bits per heavy atom. The number of halogens is 1. The molecule has 0 radical (unpaired) electrons. The molecule has 0 unspecified atom stereocenters. The second kappa shape index (κ2) is 2.28. The number of nitrogens with one attached hydrogen (secondary N) is 1. The maximum absolute atomic E-state index is 5.93. The lowest BCUT2D eigenvalue weighted by Crippen LogP contribution is -1.72. The number of hydrogen-bond acceptors (Lipinski definition) is 0. The van der Waals surface area contributed by atoms with Crippen LogP contribution in [0.3, 0.4) is 0 Å². The molecule has 0 saturated heterocycles. The quantitative estimate of drug-likeness (QED) is 0.618. The van der Waals surface area contributed by atoms with Gasteiger partial charge in [0.05, 0.1) is 0 Å². The van der Waals surface area contributed by atoms with Gasteiger partial charge in [0.15, 0.2) is 0 Å². The van der Waals surface area contributed by atoms with Crippen LogP contribution in [0.2, 0.25) is 5.02 Å². The highest BCUT2D eigenvalue weighted by molar-refractivity contribution is 6.32. The number of rotatable bonds is 0. The molecule has 0 saturated carbocycles. The monoisotopic (exact) mass is 165 g/mol. The summed E-state index contributed by atoms with van der Waals surface area (Å²) in [6, 6.07) is 4.05. The van der Waals surface area contributed by atoms with Gasteiger partial charge in [-0.1, -0.05) is 11.6 Å². The molecule has 1 aromatic carbocycles. The molecule has 2 aromatic rings. The van der Waals surface area contributed by atoms with Crippen molar-refractivity contribution in [1.29, 1.82) is 0 Å². The third-order valence-electron chi connectivity index (χ3n) is 1.84. The molecule has 0 bridgehead atoms. The second-order valence-electron chi connectivity index (χ2n) is 2.69. The molecular formula is C9H8ClN. The fourth-order valence-corrected chi connectivity index (χ4v) is 1.36. The van der Waals surface area contributed by atoms with Gasteiger partial charge in [-0.2, -0.15) is 0 Å². The van der Waals surface area contributed by atoms with Crippen LogP contribution in [0.4, 0.5) is 0 Å². The van der Waals surface area contributed by atoms with Crippen molar-refractivity contribution in [3.05, 3.63) is 35.1 Å². The highest BCUT2D eigenvalue weighted by atomic mass is 35.5. The summed E-state index contributed by atoms with van der Waals surface area (Å²) in [7, 11) is 0. The molecular weight excluding hydrogens is 158 g/mol. The maximum atomic E-state index is 5.93. The summed E-state index contributed by atoms with van der Waals surface area (Å²) < 4.78 is 0. The lowest BCUT2D eigenvalue weighted by atomic mass is 10.1. The van der Waals surface area contributed by atoms with E-state index >= 15 is 0 Å². The summed E-state index contributed by atoms with van der Waals surface area (Å²) >= 11 is 5.93. The van der Waals surface area contributed by atoms with Gasteiger partial charge in [-0.25, -0.2) is 0 Å². The lowest BCUT2D eigenvalue weighted by Gasteiger charge is -1.95. The molecule has 11 heavy (non-hydrogen) atoms. The largest absolute Gasteiger partial charge is 0.366 e. The second-order valence-corrected chi connectivity index (χ2v) is 3.09. The van der Waals surface area contributed by atoms with Crippen molar-refractivity contribution in [2.75, 3.05) is 0 Å². The van der Waals surface area contributed by atoms with Crippen molar-refractivity contribution >= 4 is 22.4 Å². The van der Waals surface area contributed by atoms with Crippen LogP contribution in [-0.4, -0.2) is 4.98 Å². The summed E-state index contributed by atoms with van der Waals surface area (Å²) in [4.78, 5) is 3.03. The van der Waals surface area contributed by atoms with E-state index in [1.54, 1.807) is 0 Å². The molecule has 0 atom stereocenters. The number of benzene rings is 1. The fourth-order valence-electron chi connectivity index (χ4n) is 1.19. The van der Waals surface area contributed by atoms with E-state index in [-0.39, 0.29) is 0 Å². The van der Waals surface area contributed by atoms with Crippen LogP contribution < -0.4 is 0 Å². The van der Waals surface area contributed by atoms with Gasteiger partial charge >= 0.3 is 0 Å². The number of aromatic amines is 1. The summed E-state index contributed by atoms with van der Waals surface area (Å²) in [5, 5.41) is 3.21. The molecule has 0 aliphatic carbocycles. The molecule has 1 heterocycles. The Labute approximate surface area is 70.0 Å². The molecule has 1 aromatic heterocycles. The van der Waals surface area contributed by atoms with Crippen molar-refractivity contribution in [1.82, 2.24) is 4.98 Å². The molecule has 0 aliphatic heterocycles. The average Bonchev–Trinajstić information content (AvgIpc) is 2.36. The van der Waals surface area contributed by atoms with Crippen LogP contribution >= 0.6 is 11.6 Å². The van der Waals surface area contributed by atoms with E-state index in [0.29, 0.717) is 0 Å². The van der Waals surface area contributed by atoms with Crippen molar-refractivity contribution in [2.24, 2.45) is 0 Å². The maximum Gasteiger partial charge on any atom is 0.0442 e. The highest BCUT2D eigenvalue weighted by Crippen LogP contribution is 2.22. The first kappa shape index (κ1) is 6.74. The predicted octanol–water partition coefficient (Wildman–Crippen LogP) is 3.13. The summed E-state index contributed by atoms with van der Waals surface area (Å²) in [6.45, 7) is 2.01. The van der Waals surface area contributed by atoms with Crippen LogP contribution in [0.25, 0.3) is 10.8 Å². The van der Waals surface area contributed by atoms with E-state index in [9.17, 15) is 0 Å². The number of hydrogen-bond donors (Lipinski definition) is 1. The Kier molecular flexibility index (Phi) is 1.40. The van der Waals surface area contributed by atoms with E-state index in [4.69, 9.17) is 11.6 Å². The molecule has 0 aliphatic rings. The van der Waals surface area contributed by atoms with Gasteiger partial charge in [0.25, 0.3) is 0 Å². The zero-order chi connectivity index (χ0) is 7.84. The van der Waals surface area contributed by atoms with Crippen molar-refractivity contribution in [3.63, 3.8) is 0 Å². The zero-order valence-electron chi connectivity index (χ0n) is 6.19. The molecule has 2 rings (SSSR count). The predicted molar refractivity (Wildman–Crippen MR) is 48.0 cm³/mol. The van der Waals surface area contributed by atoms with Crippen molar-refractivity contribution < 1.29 is 0 Å². The SMILES string of the molecule is Cc1cc2c[nH]cc2cc1Cl. The third kappa shape index (κ3) is 1.02. The molecule has 2 heteroatoms. The van der Waals surface area contributed by atoms with Crippen LogP contribution in [-0.2, 0) is 0 Å². The minimum atomic E-state index is 0.831. The first-order valence-electron chi connectivity index (χ1n) is 3.50. The van der Waals surface area contributed by atoms with E-state index in [2.05, 4.69) is 11.1 Å². The minimum Gasteiger partial charge on any atom is -0.366 e. The van der Waals surface area contributed by atoms with Gasteiger partial charge in [0.2, 0.25) is 0 Å². The number of H-pyrrole nitrogens is 1. The van der Waals surface area contributed by atoms with E-state index in [1.165, 1.54) is 10.8 Å². The Bertz CT molecular complexity index is 353. The summed E-state index contributed by atoms with van der Waals surface area (Å²) in [5.74, 6) is 0. The topological polar surface area (TPSA) is 15.8 Å². The molecule has 1 nitrogen and oxygen atoms in total. The van der Waals surface area contributed by atoms with Crippen molar-refractivity contribution in [3.8, 4) is 0 Å². The van der Waals surface area contributed by atoms with Crippen LogP contribution in [0, 0.1) is 6.92 Å². The smallest absolute Gasteiger partial charge is 0.0442 e. The van der Waals surface area contributed by atoms with E-state index in [1.807, 2.05) is 25.4 Å². The van der Waals surface area contributed by atoms with E-state index < -0.39 is 0 Å². The minimum absolute atomic E-state index is 0.831. The van der Waals surface area contributed by atoms with Gasteiger partial charge in [0.1, 0.15) is 0 Å². The van der Waals surface area contributed by atoms with Gasteiger partial charge < -0.3 is 4.98 Å². The first-order valence-corrected chi connectivity index (χ1v) is 3.88. The normalized spacial score (nSPS) is 10.7. The Morgan fingerprint density at radius 3 is 2.55 bits per heavy atom. The van der Waals surface area contributed by atoms with E-state index in [0.717, 1.165) is 10.6 Å². The van der Waals surface area contributed by atoms with Gasteiger partial charge in [0, 0.05) is 22.8 Å². The van der Waals surface area contributed by atoms with Crippen molar-refractivity contribution in [2.45, 2.75) is 6.92 Å². The number of aryl methyl sites for hydroxylation is 1. The molecule has 0 amide bonds. The number of aromatic nitrogens is 1. The Balaban J connectivity index is 2.86. The summed E-state index contributed by atoms with van der Waals surface area (Å²) in [5.41, 5.74) is 1.12. The molecule has 0 spiro atoms. The molecule has 0 fully saturated rings. The summed E-state index contributed by atoms with van der Waals surface area (Å²) in [6.07, 6.45) is 3.92. The fraction of sp³-hybridized carbons (Fsp3) is 0.111. The number of fused-ring (bicyclic) bond motifs is 1. The van der Waals surface area contributed by atoms with Gasteiger partial charge in [-0.15, -0.1) is 0 Å². The van der Waals surface area contributed by atoms with Crippen LogP contribution in [0.5, 0.6) is 0 Å². The Hall–Kier alpha value is -0.950. The lowest BCUT2D eigenvalue weighted by molar-refractivity contribution is 1.43. The van der Waals surface area contributed by atoms with Gasteiger partial charge in [-0.05, 0) is 30.0 Å². The molecule has 1 N–H and O–H groups in total. The average molecular weight is 166 g/mol. The zero-order valence-corrected chi connectivity index (χ0v) is 6.94. The highest BCUT2D eigenvalue weighted by Gasteiger charge is 1.98. The Morgan fingerprint density at radius 2 is 1.82 bits per heavy atom. The third-order valence-corrected chi connectivity index (χ3v) is 2.25. The first-order chi connectivity index (χ1) is 5.27. The van der Waals surface area contributed by atoms with Crippen LogP contribution in [0.1, 0.15) is 5.56 Å². The molecule has 56 valence electrons. The van der Waals surface area contributed by atoms with Gasteiger partial charge in [-0.3, -0.25) is 0 Å². The van der Waals surface area contributed by atoms with Crippen LogP contribution in [0.15, 0.2) is 24.5 Å².